The maximum absolute atomic E-state index is 14.7. The number of halogens is 1. The first-order valence-corrected chi connectivity index (χ1v) is 8.60. The van der Waals surface area contributed by atoms with E-state index in [0.29, 0.717) is 36.8 Å². The summed E-state index contributed by atoms with van der Waals surface area (Å²) >= 11 is 0. The number of methoxy groups -OCH3 is 1. The van der Waals surface area contributed by atoms with Crippen LogP contribution in [0.4, 0.5) is 10.1 Å². The number of amides is 1. The van der Waals surface area contributed by atoms with Gasteiger partial charge < -0.3 is 19.5 Å². The molecule has 1 amide bonds. The van der Waals surface area contributed by atoms with Crippen LogP contribution in [0.3, 0.4) is 0 Å². The summed E-state index contributed by atoms with van der Waals surface area (Å²) in [5, 5.41) is 2.85. The Labute approximate surface area is 152 Å². The van der Waals surface area contributed by atoms with Gasteiger partial charge in [-0.15, -0.1) is 0 Å². The summed E-state index contributed by atoms with van der Waals surface area (Å²) in [5.74, 6) is -0.151. The number of benzene rings is 2. The zero-order valence-corrected chi connectivity index (χ0v) is 14.9. The molecule has 6 heteroatoms. The molecule has 0 spiro atoms. The molecule has 3 rings (SSSR count). The Bertz CT molecular complexity index is 793. The highest BCUT2D eigenvalue weighted by atomic mass is 19.1. The van der Waals surface area contributed by atoms with E-state index >= 15 is 0 Å². The molecule has 1 heterocycles. The summed E-state index contributed by atoms with van der Waals surface area (Å²) < 4.78 is 30.7. The van der Waals surface area contributed by atoms with Gasteiger partial charge in [-0.1, -0.05) is 18.2 Å². The van der Waals surface area contributed by atoms with Crippen molar-refractivity contribution in [2.45, 2.75) is 19.3 Å². The number of anilines is 1. The molecule has 1 unspecified atom stereocenters. The molecule has 0 fully saturated rings. The third kappa shape index (κ3) is 3.80. The van der Waals surface area contributed by atoms with Crippen LogP contribution in [0, 0.1) is 5.82 Å². The Hall–Kier alpha value is -2.60. The lowest BCUT2D eigenvalue weighted by Crippen LogP contribution is -2.24. The Morgan fingerprint density at radius 1 is 1.19 bits per heavy atom. The lowest BCUT2D eigenvalue weighted by Gasteiger charge is -2.27. The highest BCUT2D eigenvalue weighted by Crippen LogP contribution is 2.40. The van der Waals surface area contributed by atoms with Crippen molar-refractivity contribution in [1.29, 1.82) is 0 Å². The van der Waals surface area contributed by atoms with E-state index in [2.05, 4.69) is 5.32 Å². The second-order valence-corrected chi connectivity index (χ2v) is 5.96. The molecule has 2 aromatic rings. The minimum atomic E-state index is -0.433. The van der Waals surface area contributed by atoms with Gasteiger partial charge in [0.2, 0.25) is 5.91 Å². The van der Waals surface area contributed by atoms with Gasteiger partial charge in [-0.05, 0) is 30.2 Å². The summed E-state index contributed by atoms with van der Waals surface area (Å²) in [6.45, 7) is 3.48. The molecule has 1 aliphatic heterocycles. The van der Waals surface area contributed by atoms with Crippen LogP contribution in [-0.2, 0) is 9.53 Å². The Kier molecular flexibility index (Phi) is 5.73. The molecular formula is C20H22FNO4. The molecule has 0 radical (unpaired) electrons. The number of rotatable bonds is 7. The van der Waals surface area contributed by atoms with Gasteiger partial charge in [-0.2, -0.15) is 0 Å². The lowest BCUT2D eigenvalue weighted by molar-refractivity contribution is -0.116. The smallest absolute Gasteiger partial charge is 0.225 e. The average Bonchev–Trinajstić information content (AvgIpc) is 2.64. The van der Waals surface area contributed by atoms with Crippen molar-refractivity contribution in [2.24, 2.45) is 0 Å². The largest absolute Gasteiger partial charge is 0.494 e. The van der Waals surface area contributed by atoms with Gasteiger partial charge in [-0.25, -0.2) is 4.39 Å². The maximum atomic E-state index is 14.7. The molecule has 5 nitrogen and oxygen atoms in total. The quantitative estimate of drug-likeness (QED) is 0.766. The number of nitrogens with one attached hydrogen (secondary N) is 1. The number of carbonyl (C=O) groups is 1. The fourth-order valence-corrected chi connectivity index (χ4v) is 3.13. The van der Waals surface area contributed by atoms with Crippen molar-refractivity contribution < 1.29 is 23.4 Å². The third-order valence-corrected chi connectivity index (χ3v) is 4.35. The average molecular weight is 359 g/mol. The fourth-order valence-electron chi connectivity index (χ4n) is 3.13. The van der Waals surface area contributed by atoms with Crippen LogP contribution in [-0.4, -0.2) is 32.8 Å². The molecule has 2 aromatic carbocycles. The van der Waals surface area contributed by atoms with Crippen LogP contribution in [0.2, 0.25) is 0 Å². The van der Waals surface area contributed by atoms with E-state index in [4.69, 9.17) is 14.2 Å². The monoisotopic (exact) mass is 359 g/mol. The Morgan fingerprint density at radius 3 is 2.81 bits per heavy atom. The molecule has 0 aliphatic carbocycles. The third-order valence-electron chi connectivity index (χ3n) is 4.35. The van der Waals surface area contributed by atoms with Crippen molar-refractivity contribution in [3.8, 4) is 11.5 Å². The minimum absolute atomic E-state index is 0.156. The Balaban J connectivity index is 1.89. The number of fused-ring (bicyclic) bond motifs is 1. The van der Waals surface area contributed by atoms with Crippen molar-refractivity contribution in [3.05, 3.63) is 53.3 Å². The van der Waals surface area contributed by atoms with Crippen LogP contribution in [0.1, 0.15) is 30.4 Å². The molecule has 0 aromatic heterocycles. The van der Waals surface area contributed by atoms with Gasteiger partial charge in [0, 0.05) is 30.7 Å². The predicted molar refractivity (Wildman–Crippen MR) is 96.5 cm³/mol. The van der Waals surface area contributed by atoms with Crippen LogP contribution < -0.4 is 14.8 Å². The number of hydrogen-bond donors (Lipinski definition) is 1. The van der Waals surface area contributed by atoms with Crippen LogP contribution in [0.25, 0.3) is 0 Å². The van der Waals surface area contributed by atoms with Crippen LogP contribution >= 0.6 is 0 Å². The summed E-state index contributed by atoms with van der Waals surface area (Å²) in [6, 6.07) is 10.5. The zero-order chi connectivity index (χ0) is 18.5. The molecule has 1 N–H and O–H groups in total. The zero-order valence-electron chi connectivity index (χ0n) is 14.9. The highest BCUT2D eigenvalue weighted by Gasteiger charge is 2.29. The van der Waals surface area contributed by atoms with Crippen molar-refractivity contribution in [3.63, 3.8) is 0 Å². The van der Waals surface area contributed by atoms with Crippen molar-refractivity contribution >= 4 is 11.6 Å². The lowest BCUT2D eigenvalue weighted by atomic mass is 9.84. The van der Waals surface area contributed by atoms with Crippen molar-refractivity contribution in [1.82, 2.24) is 0 Å². The van der Waals surface area contributed by atoms with Gasteiger partial charge >= 0.3 is 0 Å². The maximum Gasteiger partial charge on any atom is 0.225 e. The minimum Gasteiger partial charge on any atom is -0.494 e. The van der Waals surface area contributed by atoms with Gasteiger partial charge in [0.1, 0.15) is 12.4 Å². The predicted octanol–water partition coefficient (Wildman–Crippen LogP) is 3.72. The van der Waals surface area contributed by atoms with Gasteiger partial charge in [0.05, 0.1) is 13.7 Å². The van der Waals surface area contributed by atoms with Crippen LogP contribution in [0.15, 0.2) is 36.4 Å². The molecule has 26 heavy (non-hydrogen) atoms. The van der Waals surface area contributed by atoms with E-state index < -0.39 is 5.82 Å². The molecule has 138 valence electrons. The summed E-state index contributed by atoms with van der Waals surface area (Å²) in [5.41, 5.74) is 1.95. The molecule has 0 saturated heterocycles. The first kappa shape index (κ1) is 18.2. The molecular weight excluding hydrogens is 337 g/mol. The summed E-state index contributed by atoms with van der Waals surface area (Å²) in [7, 11) is 1.43. The highest BCUT2D eigenvalue weighted by molar-refractivity contribution is 5.95. The second-order valence-electron chi connectivity index (χ2n) is 5.96. The number of ether oxygens (including phenoxy) is 3. The normalized spacial score (nSPS) is 16.0. The van der Waals surface area contributed by atoms with E-state index in [9.17, 15) is 9.18 Å². The van der Waals surface area contributed by atoms with Gasteiger partial charge in [-0.3, -0.25) is 4.79 Å². The summed E-state index contributed by atoms with van der Waals surface area (Å²) in [6.07, 6.45) is 0.182. The van der Waals surface area contributed by atoms with E-state index in [1.165, 1.54) is 7.11 Å². The SMILES string of the molecule is CCOCCOc1ccc2c(c1)NC(=O)CC2c1cccc(OC)c1F. The van der Waals surface area contributed by atoms with E-state index in [1.54, 1.807) is 24.3 Å². The van der Waals surface area contributed by atoms with Crippen LogP contribution in [0.5, 0.6) is 11.5 Å². The Morgan fingerprint density at radius 2 is 2.04 bits per heavy atom. The summed E-state index contributed by atoms with van der Waals surface area (Å²) in [4.78, 5) is 12.2. The van der Waals surface area contributed by atoms with Crippen molar-refractivity contribution in [2.75, 3.05) is 32.2 Å². The molecule has 0 bridgehead atoms. The topological polar surface area (TPSA) is 56.8 Å². The number of hydrogen-bond acceptors (Lipinski definition) is 4. The number of carbonyl (C=O) groups excluding carboxylic acids is 1. The van der Waals surface area contributed by atoms with Gasteiger partial charge in [0.25, 0.3) is 0 Å². The van der Waals surface area contributed by atoms with E-state index in [1.807, 2.05) is 19.1 Å². The van der Waals surface area contributed by atoms with E-state index in [0.717, 1.165) is 5.56 Å². The second kappa shape index (κ2) is 8.19. The standard InChI is InChI=1S/C20H22FNO4/c1-3-25-9-10-26-13-7-8-14-16(12-19(23)22-17(14)11-13)15-5-4-6-18(24-2)20(15)21/h4-8,11,16H,3,9-10,12H2,1-2H3,(H,22,23). The molecule has 1 aliphatic rings. The first-order chi connectivity index (χ1) is 12.6. The first-order valence-electron chi connectivity index (χ1n) is 8.60. The van der Waals surface area contributed by atoms with Gasteiger partial charge in [0.15, 0.2) is 11.6 Å². The molecule has 0 saturated carbocycles. The fraction of sp³-hybridized carbons (Fsp3) is 0.350. The van der Waals surface area contributed by atoms with E-state index in [-0.39, 0.29) is 24.0 Å². The molecule has 1 atom stereocenters.